The molecule has 4 rings (SSSR count). The van der Waals surface area contributed by atoms with Crippen molar-refractivity contribution in [2.24, 2.45) is 0 Å². The molecular weight excluding hydrogens is 392 g/mol. The van der Waals surface area contributed by atoms with Crippen LogP contribution in [0, 0.1) is 0 Å². The Morgan fingerprint density at radius 3 is 2.71 bits per heavy atom. The topological polar surface area (TPSA) is 51.1 Å². The molecule has 0 saturated heterocycles. The number of imidazole rings is 1. The van der Waals surface area contributed by atoms with Crippen LogP contribution < -0.4 is 4.74 Å². The van der Waals surface area contributed by atoms with Crippen LogP contribution in [0.25, 0.3) is 33.9 Å². The molecule has 4 nitrogen and oxygen atoms in total. The van der Waals surface area contributed by atoms with Crippen molar-refractivity contribution in [3.8, 4) is 28.7 Å². The standard InChI is InChI=1S/C18H12BrClN2O2/c1-23-11-3-5-14-15(9-11)22-18(21-14)17-7-6-16(24-17)12-4-2-10(19)8-13(12)20/h2-9H,1H3,(H,21,22). The molecule has 0 atom stereocenters. The van der Waals surface area contributed by atoms with Gasteiger partial charge in [0.15, 0.2) is 11.6 Å². The number of hydrogen-bond donors (Lipinski definition) is 1. The van der Waals surface area contributed by atoms with Crippen LogP contribution in [0.1, 0.15) is 0 Å². The molecule has 1 N–H and O–H groups in total. The van der Waals surface area contributed by atoms with E-state index in [1.165, 1.54) is 0 Å². The van der Waals surface area contributed by atoms with Gasteiger partial charge in [-0.25, -0.2) is 4.98 Å². The Morgan fingerprint density at radius 2 is 1.92 bits per heavy atom. The molecule has 0 bridgehead atoms. The molecule has 2 aromatic carbocycles. The summed E-state index contributed by atoms with van der Waals surface area (Å²) in [5, 5.41) is 0.625. The number of halogens is 2. The monoisotopic (exact) mass is 402 g/mol. The first-order valence-electron chi connectivity index (χ1n) is 7.23. The first-order chi connectivity index (χ1) is 11.6. The van der Waals surface area contributed by atoms with E-state index in [-0.39, 0.29) is 0 Å². The Labute approximate surface area is 151 Å². The van der Waals surface area contributed by atoms with Gasteiger partial charge in [0.1, 0.15) is 11.5 Å². The van der Waals surface area contributed by atoms with E-state index in [1.54, 1.807) is 7.11 Å². The zero-order valence-corrected chi connectivity index (χ0v) is 15.0. The van der Waals surface area contributed by atoms with E-state index in [4.69, 9.17) is 20.8 Å². The summed E-state index contributed by atoms with van der Waals surface area (Å²) in [7, 11) is 1.64. The van der Waals surface area contributed by atoms with E-state index in [0.29, 0.717) is 22.4 Å². The second-order valence-corrected chi connectivity index (χ2v) is 6.58. The van der Waals surface area contributed by atoms with E-state index in [9.17, 15) is 0 Å². The second kappa shape index (κ2) is 6.00. The fourth-order valence-corrected chi connectivity index (χ4v) is 3.30. The van der Waals surface area contributed by atoms with E-state index in [1.807, 2.05) is 48.5 Å². The van der Waals surface area contributed by atoms with Crippen molar-refractivity contribution in [1.82, 2.24) is 9.97 Å². The van der Waals surface area contributed by atoms with Gasteiger partial charge in [-0.15, -0.1) is 0 Å². The van der Waals surface area contributed by atoms with Gasteiger partial charge >= 0.3 is 0 Å². The molecule has 0 amide bonds. The predicted octanol–water partition coefficient (Wildman–Crippen LogP) is 5.91. The van der Waals surface area contributed by atoms with E-state index in [2.05, 4.69) is 25.9 Å². The van der Waals surface area contributed by atoms with Gasteiger partial charge in [-0.2, -0.15) is 0 Å². The number of aromatic amines is 1. The normalized spacial score (nSPS) is 11.1. The fourth-order valence-electron chi connectivity index (χ4n) is 2.53. The fraction of sp³-hybridized carbons (Fsp3) is 0.0556. The van der Waals surface area contributed by atoms with Crippen LogP contribution in [0.15, 0.2) is 57.4 Å². The Kier molecular flexibility index (Phi) is 3.82. The lowest BCUT2D eigenvalue weighted by atomic mass is 10.2. The van der Waals surface area contributed by atoms with Gasteiger partial charge in [0.2, 0.25) is 0 Å². The number of methoxy groups -OCH3 is 1. The number of fused-ring (bicyclic) bond motifs is 1. The quantitative estimate of drug-likeness (QED) is 0.462. The number of H-pyrrole nitrogens is 1. The molecule has 0 aliphatic heterocycles. The minimum atomic E-state index is 0.625. The van der Waals surface area contributed by atoms with Gasteiger partial charge in [0, 0.05) is 16.1 Å². The third kappa shape index (κ3) is 2.70. The van der Waals surface area contributed by atoms with Crippen LogP contribution in [0.5, 0.6) is 5.75 Å². The van der Waals surface area contributed by atoms with Crippen LogP contribution in [0.4, 0.5) is 0 Å². The first kappa shape index (κ1) is 15.3. The summed E-state index contributed by atoms with van der Waals surface area (Å²) in [5.41, 5.74) is 2.58. The molecule has 2 heterocycles. The summed E-state index contributed by atoms with van der Waals surface area (Å²) >= 11 is 9.69. The molecule has 6 heteroatoms. The van der Waals surface area contributed by atoms with Gasteiger partial charge in [0.25, 0.3) is 0 Å². The van der Waals surface area contributed by atoms with Crippen molar-refractivity contribution < 1.29 is 9.15 Å². The average molecular weight is 404 g/mol. The zero-order valence-electron chi connectivity index (χ0n) is 12.6. The molecular formula is C18H12BrClN2O2. The van der Waals surface area contributed by atoms with Crippen molar-refractivity contribution in [1.29, 1.82) is 0 Å². The van der Waals surface area contributed by atoms with Crippen LogP contribution in [-0.2, 0) is 0 Å². The molecule has 0 aliphatic carbocycles. The highest BCUT2D eigenvalue weighted by Gasteiger charge is 2.13. The molecule has 0 radical (unpaired) electrons. The SMILES string of the molecule is COc1ccc2nc(-c3ccc(-c4ccc(Br)cc4Cl)o3)[nH]c2c1. The highest BCUT2D eigenvalue weighted by molar-refractivity contribution is 9.10. The van der Waals surface area contributed by atoms with Gasteiger partial charge in [-0.3, -0.25) is 0 Å². The summed E-state index contributed by atoms with van der Waals surface area (Å²) in [6.07, 6.45) is 0. The van der Waals surface area contributed by atoms with Crippen LogP contribution in [0.2, 0.25) is 5.02 Å². The summed E-state index contributed by atoms with van der Waals surface area (Å²) < 4.78 is 12.1. The molecule has 0 aliphatic rings. The Hall–Kier alpha value is -2.24. The molecule has 0 unspecified atom stereocenters. The summed E-state index contributed by atoms with van der Waals surface area (Å²) in [6, 6.07) is 15.1. The summed E-state index contributed by atoms with van der Waals surface area (Å²) in [5.74, 6) is 2.79. The molecule has 0 saturated carbocycles. The maximum Gasteiger partial charge on any atom is 0.174 e. The third-order valence-corrected chi connectivity index (χ3v) is 4.53. The van der Waals surface area contributed by atoms with E-state index < -0.39 is 0 Å². The van der Waals surface area contributed by atoms with Crippen LogP contribution >= 0.6 is 27.5 Å². The van der Waals surface area contributed by atoms with Crippen molar-refractivity contribution in [3.63, 3.8) is 0 Å². The second-order valence-electron chi connectivity index (χ2n) is 5.26. The number of furan rings is 1. The zero-order chi connectivity index (χ0) is 16.7. The minimum absolute atomic E-state index is 0.625. The predicted molar refractivity (Wildman–Crippen MR) is 98.5 cm³/mol. The molecule has 2 aromatic heterocycles. The average Bonchev–Trinajstić information content (AvgIpc) is 3.20. The molecule has 4 aromatic rings. The maximum absolute atomic E-state index is 6.29. The first-order valence-corrected chi connectivity index (χ1v) is 8.40. The molecule has 24 heavy (non-hydrogen) atoms. The van der Waals surface area contributed by atoms with Crippen molar-refractivity contribution >= 4 is 38.6 Å². The number of nitrogens with one attached hydrogen (secondary N) is 1. The Balaban J connectivity index is 1.74. The summed E-state index contributed by atoms with van der Waals surface area (Å²) in [6.45, 7) is 0. The number of benzene rings is 2. The lowest BCUT2D eigenvalue weighted by Crippen LogP contribution is -1.81. The number of hydrogen-bond acceptors (Lipinski definition) is 3. The van der Waals surface area contributed by atoms with Crippen molar-refractivity contribution in [2.45, 2.75) is 0 Å². The third-order valence-electron chi connectivity index (χ3n) is 3.73. The van der Waals surface area contributed by atoms with E-state index in [0.717, 1.165) is 26.8 Å². The Morgan fingerprint density at radius 1 is 1.08 bits per heavy atom. The summed E-state index contributed by atoms with van der Waals surface area (Å²) in [4.78, 5) is 7.81. The van der Waals surface area contributed by atoms with E-state index >= 15 is 0 Å². The lowest BCUT2D eigenvalue weighted by molar-refractivity contribution is 0.415. The largest absolute Gasteiger partial charge is 0.497 e. The number of nitrogens with zero attached hydrogens (tertiary/aromatic N) is 1. The van der Waals surface area contributed by atoms with Gasteiger partial charge in [0.05, 0.1) is 23.2 Å². The van der Waals surface area contributed by atoms with Gasteiger partial charge < -0.3 is 14.1 Å². The maximum atomic E-state index is 6.29. The molecule has 120 valence electrons. The number of rotatable bonds is 3. The van der Waals surface area contributed by atoms with Crippen LogP contribution in [-0.4, -0.2) is 17.1 Å². The smallest absolute Gasteiger partial charge is 0.174 e. The Bertz CT molecular complexity index is 1040. The van der Waals surface area contributed by atoms with Crippen LogP contribution in [0.3, 0.4) is 0 Å². The molecule has 0 spiro atoms. The lowest BCUT2D eigenvalue weighted by Gasteiger charge is -2.01. The van der Waals surface area contributed by atoms with Gasteiger partial charge in [-0.1, -0.05) is 27.5 Å². The van der Waals surface area contributed by atoms with Gasteiger partial charge in [-0.05, 0) is 42.5 Å². The number of aromatic nitrogens is 2. The number of ether oxygens (including phenoxy) is 1. The highest BCUT2D eigenvalue weighted by Crippen LogP contribution is 2.34. The highest BCUT2D eigenvalue weighted by atomic mass is 79.9. The minimum Gasteiger partial charge on any atom is -0.497 e. The molecule has 0 fully saturated rings. The van der Waals surface area contributed by atoms with Crippen molar-refractivity contribution in [2.75, 3.05) is 7.11 Å². The van der Waals surface area contributed by atoms with Crippen molar-refractivity contribution in [3.05, 3.63) is 58.0 Å².